The summed E-state index contributed by atoms with van der Waals surface area (Å²) in [4.78, 5) is 10.8. The molecule has 0 aliphatic rings. The summed E-state index contributed by atoms with van der Waals surface area (Å²) in [6.45, 7) is 0. The zero-order chi connectivity index (χ0) is 13.7. The highest BCUT2D eigenvalue weighted by molar-refractivity contribution is 8.04. The first-order valence-corrected chi connectivity index (χ1v) is 5.96. The van der Waals surface area contributed by atoms with Crippen molar-refractivity contribution in [2.24, 2.45) is 5.73 Å². The lowest BCUT2D eigenvalue weighted by molar-refractivity contribution is 0.0691. The Bertz CT molecular complexity index is 494. The maximum Gasteiger partial charge on any atom is 0.338 e. The van der Waals surface area contributed by atoms with Crippen molar-refractivity contribution in [2.45, 2.75) is 0 Å². The number of rotatable bonds is 5. The molecule has 18 heavy (non-hydrogen) atoms. The number of anilines is 1. The van der Waals surface area contributed by atoms with E-state index < -0.39 is 17.3 Å². The van der Waals surface area contributed by atoms with Crippen molar-refractivity contribution in [3.8, 4) is 5.75 Å². The summed E-state index contributed by atoms with van der Waals surface area (Å²) < 4.78 is 21.2. The first kappa shape index (κ1) is 14.5. The predicted molar refractivity (Wildman–Crippen MR) is 72.4 cm³/mol. The van der Waals surface area contributed by atoms with Gasteiger partial charge >= 0.3 is 5.97 Å². The van der Waals surface area contributed by atoms with Gasteiger partial charge in [-0.15, -0.1) is 12.6 Å². The van der Waals surface area contributed by atoms with Crippen molar-refractivity contribution in [1.82, 2.24) is 0 Å². The number of hydrogen-bond acceptors (Lipinski definition) is 6. The fourth-order valence-corrected chi connectivity index (χ4v) is 1.70. The maximum absolute atomic E-state index is 13.5. The van der Waals surface area contributed by atoms with E-state index in [2.05, 4.69) is 17.4 Å². The number of benzene rings is 1. The Labute approximate surface area is 113 Å². The molecule has 5 nitrogen and oxygen atoms in total. The van der Waals surface area contributed by atoms with E-state index in [0.717, 1.165) is 24.1 Å². The van der Waals surface area contributed by atoms with Crippen LogP contribution in [0, 0.1) is 5.82 Å². The molecule has 0 fully saturated rings. The van der Waals surface area contributed by atoms with Crippen LogP contribution in [-0.4, -0.2) is 18.2 Å². The van der Waals surface area contributed by atoms with Crippen molar-refractivity contribution >= 4 is 36.2 Å². The van der Waals surface area contributed by atoms with Crippen LogP contribution in [-0.2, 0) is 0 Å². The fourth-order valence-electron chi connectivity index (χ4n) is 1.11. The minimum atomic E-state index is -1.36. The Morgan fingerprint density at radius 2 is 2.33 bits per heavy atom. The van der Waals surface area contributed by atoms with Crippen LogP contribution in [0.15, 0.2) is 22.6 Å². The van der Waals surface area contributed by atoms with Crippen LogP contribution < -0.4 is 15.2 Å². The van der Waals surface area contributed by atoms with Crippen LogP contribution in [0.5, 0.6) is 5.75 Å². The summed E-state index contributed by atoms with van der Waals surface area (Å²) in [6.07, 6.45) is 0. The molecule has 1 aromatic carbocycles. The van der Waals surface area contributed by atoms with Crippen LogP contribution in [0.3, 0.4) is 0 Å². The van der Waals surface area contributed by atoms with E-state index in [9.17, 15) is 9.18 Å². The number of carbonyl (C=O) groups is 1. The van der Waals surface area contributed by atoms with Crippen molar-refractivity contribution in [3.63, 3.8) is 0 Å². The van der Waals surface area contributed by atoms with Gasteiger partial charge in [0, 0.05) is 18.0 Å². The lowest BCUT2D eigenvalue weighted by Crippen LogP contribution is -2.04. The van der Waals surface area contributed by atoms with Gasteiger partial charge in [-0.25, -0.2) is 9.18 Å². The zero-order valence-corrected chi connectivity index (χ0v) is 11.0. The summed E-state index contributed by atoms with van der Waals surface area (Å²) >= 11 is 4.84. The molecule has 1 aromatic rings. The molecular formula is C10H11FN2O3S2. The second kappa shape index (κ2) is 6.41. The number of thiol groups is 1. The molecule has 98 valence electrons. The molecule has 0 heterocycles. The second-order valence-electron chi connectivity index (χ2n) is 3.07. The van der Waals surface area contributed by atoms with Gasteiger partial charge in [-0.05, 0) is 11.5 Å². The van der Waals surface area contributed by atoms with Gasteiger partial charge in [0.2, 0.25) is 0 Å². The average Bonchev–Trinajstić information content (AvgIpc) is 2.35. The van der Waals surface area contributed by atoms with Gasteiger partial charge in [0.15, 0.2) is 0 Å². The Kier molecular flexibility index (Phi) is 5.17. The van der Waals surface area contributed by atoms with Crippen LogP contribution in [0.2, 0.25) is 0 Å². The first-order valence-electron chi connectivity index (χ1n) is 4.63. The number of hydrogen-bond donors (Lipinski definition) is 4. The first-order chi connectivity index (χ1) is 8.49. The van der Waals surface area contributed by atoms with E-state index in [4.69, 9.17) is 15.6 Å². The second-order valence-corrected chi connectivity index (χ2v) is 4.21. The SMILES string of the molecule is COc1cc(C(=O)O)c(F)cc1NS/C(N)=C/S. The van der Waals surface area contributed by atoms with Crippen molar-refractivity contribution in [3.05, 3.63) is 34.0 Å². The number of nitrogens with one attached hydrogen (secondary N) is 1. The van der Waals surface area contributed by atoms with E-state index in [1.54, 1.807) is 0 Å². The summed E-state index contributed by atoms with van der Waals surface area (Å²) in [5.41, 5.74) is 5.31. The molecule has 0 bridgehead atoms. The van der Waals surface area contributed by atoms with E-state index in [-0.39, 0.29) is 11.4 Å². The molecule has 0 amide bonds. The summed E-state index contributed by atoms with van der Waals surface area (Å²) in [7, 11) is 1.35. The number of methoxy groups -OCH3 is 1. The van der Waals surface area contributed by atoms with E-state index in [1.807, 2.05) is 0 Å². The number of carboxylic acid groups (broad SMARTS) is 1. The molecule has 0 spiro atoms. The molecular weight excluding hydrogens is 279 g/mol. The van der Waals surface area contributed by atoms with Gasteiger partial charge in [0.25, 0.3) is 0 Å². The van der Waals surface area contributed by atoms with Crippen LogP contribution in [0.25, 0.3) is 0 Å². The highest BCUT2D eigenvalue weighted by Crippen LogP contribution is 2.30. The molecule has 0 unspecified atom stereocenters. The quantitative estimate of drug-likeness (QED) is 0.492. The van der Waals surface area contributed by atoms with Crippen molar-refractivity contribution in [1.29, 1.82) is 0 Å². The molecule has 1 rings (SSSR count). The Morgan fingerprint density at radius 1 is 1.67 bits per heavy atom. The highest BCUT2D eigenvalue weighted by atomic mass is 32.2. The summed E-state index contributed by atoms with van der Waals surface area (Å²) in [6, 6.07) is 2.13. The fraction of sp³-hybridized carbons (Fsp3) is 0.100. The van der Waals surface area contributed by atoms with Gasteiger partial charge < -0.3 is 20.3 Å². The van der Waals surface area contributed by atoms with E-state index in [1.165, 1.54) is 12.5 Å². The molecule has 0 saturated heterocycles. The third-order valence-corrected chi connectivity index (χ3v) is 3.05. The molecule has 8 heteroatoms. The number of nitrogens with two attached hydrogens (primary N) is 1. The van der Waals surface area contributed by atoms with E-state index in [0.29, 0.717) is 5.03 Å². The minimum Gasteiger partial charge on any atom is -0.495 e. The Hall–Kier alpha value is -1.54. The zero-order valence-electron chi connectivity index (χ0n) is 9.31. The van der Waals surface area contributed by atoms with Crippen molar-refractivity contribution < 1.29 is 19.0 Å². The van der Waals surface area contributed by atoms with Gasteiger partial charge in [-0.1, -0.05) is 0 Å². The molecule has 0 aliphatic carbocycles. The summed E-state index contributed by atoms with van der Waals surface area (Å²) in [5.74, 6) is -2.02. The van der Waals surface area contributed by atoms with Gasteiger partial charge in [-0.2, -0.15) is 0 Å². The number of aromatic carboxylic acids is 1. The normalized spacial score (nSPS) is 11.2. The predicted octanol–water partition coefficient (Wildman–Crippen LogP) is 2.28. The Balaban J connectivity index is 3.05. The molecule has 0 saturated carbocycles. The molecule has 0 aliphatic heterocycles. The molecule has 0 aromatic heterocycles. The third kappa shape index (κ3) is 3.47. The van der Waals surface area contributed by atoms with E-state index >= 15 is 0 Å². The molecule has 0 atom stereocenters. The lowest BCUT2D eigenvalue weighted by atomic mass is 10.2. The van der Waals surface area contributed by atoms with Gasteiger partial charge in [0.05, 0.1) is 23.4 Å². The average molecular weight is 290 g/mol. The third-order valence-electron chi connectivity index (χ3n) is 1.93. The maximum atomic E-state index is 13.5. The van der Waals surface area contributed by atoms with Gasteiger partial charge in [0.1, 0.15) is 11.6 Å². The highest BCUT2D eigenvalue weighted by Gasteiger charge is 2.15. The Morgan fingerprint density at radius 3 is 2.83 bits per heavy atom. The smallest absolute Gasteiger partial charge is 0.338 e. The van der Waals surface area contributed by atoms with Gasteiger partial charge in [-0.3, -0.25) is 0 Å². The standard InChI is InChI=1S/C10H11FN2O3S2/c1-16-8-2-5(10(14)15)6(11)3-7(8)13-18-9(12)4-17/h2-4,13,17H,12H2,1H3,(H,14,15)/b9-4+. The molecule has 0 radical (unpaired) electrons. The topological polar surface area (TPSA) is 84.6 Å². The number of ether oxygens (including phenoxy) is 1. The minimum absolute atomic E-state index is 0.202. The number of halogens is 1. The largest absolute Gasteiger partial charge is 0.495 e. The molecule has 4 N–H and O–H groups in total. The van der Waals surface area contributed by atoms with Crippen LogP contribution in [0.4, 0.5) is 10.1 Å². The van der Waals surface area contributed by atoms with Crippen molar-refractivity contribution in [2.75, 3.05) is 11.8 Å². The number of carboxylic acids is 1. The summed E-state index contributed by atoms with van der Waals surface area (Å²) in [5, 5.41) is 10.5. The van der Waals surface area contributed by atoms with Crippen LogP contribution in [0.1, 0.15) is 10.4 Å². The van der Waals surface area contributed by atoms with Crippen LogP contribution >= 0.6 is 24.6 Å². The monoisotopic (exact) mass is 290 g/mol. The lowest BCUT2D eigenvalue weighted by Gasteiger charge is -2.11.